The number of aliphatic hydroxyl groups is 1. The summed E-state index contributed by atoms with van der Waals surface area (Å²) < 4.78 is 0. The molecule has 148 valence electrons. The van der Waals surface area contributed by atoms with Crippen LogP contribution < -0.4 is 0 Å². The Labute approximate surface area is 155 Å². The Morgan fingerprint density at radius 1 is 0.960 bits per heavy atom. The monoisotopic (exact) mass is 355 g/mol. The molecule has 0 aliphatic heterocycles. The SMILES string of the molecule is CCCCCC[C@@H](O)C/C=C\CCCCCCCCN(C)CC(=O)O. The van der Waals surface area contributed by atoms with Gasteiger partial charge in [-0.05, 0) is 45.7 Å². The van der Waals surface area contributed by atoms with Crippen LogP contribution in [0.5, 0.6) is 0 Å². The van der Waals surface area contributed by atoms with Gasteiger partial charge in [-0.1, -0.05) is 70.4 Å². The van der Waals surface area contributed by atoms with E-state index in [0.717, 1.165) is 38.6 Å². The molecule has 25 heavy (non-hydrogen) atoms. The predicted molar refractivity (Wildman–Crippen MR) is 106 cm³/mol. The normalized spacial score (nSPS) is 13.0. The summed E-state index contributed by atoms with van der Waals surface area (Å²) in [6.07, 6.45) is 19.2. The highest BCUT2D eigenvalue weighted by atomic mass is 16.4. The summed E-state index contributed by atoms with van der Waals surface area (Å²) in [5, 5.41) is 18.5. The summed E-state index contributed by atoms with van der Waals surface area (Å²) in [4.78, 5) is 12.4. The number of hydrogen-bond donors (Lipinski definition) is 2. The Kier molecular flexibility index (Phi) is 17.3. The Morgan fingerprint density at radius 3 is 2.28 bits per heavy atom. The van der Waals surface area contributed by atoms with Crippen LogP contribution in [0.2, 0.25) is 0 Å². The number of likely N-dealkylation sites (N-methyl/N-ethyl adjacent to an activating group) is 1. The highest BCUT2D eigenvalue weighted by Gasteiger charge is 2.03. The van der Waals surface area contributed by atoms with Gasteiger partial charge in [0.1, 0.15) is 0 Å². The Morgan fingerprint density at radius 2 is 1.60 bits per heavy atom. The second kappa shape index (κ2) is 17.9. The number of allylic oxidation sites excluding steroid dienone is 1. The fourth-order valence-corrected chi connectivity index (χ4v) is 2.96. The van der Waals surface area contributed by atoms with E-state index < -0.39 is 5.97 Å². The van der Waals surface area contributed by atoms with Crippen molar-refractivity contribution in [1.29, 1.82) is 0 Å². The highest BCUT2D eigenvalue weighted by Crippen LogP contribution is 2.10. The molecule has 0 unspecified atom stereocenters. The van der Waals surface area contributed by atoms with Crippen LogP contribution in [0, 0.1) is 0 Å². The van der Waals surface area contributed by atoms with E-state index in [1.807, 2.05) is 11.9 Å². The minimum atomic E-state index is -0.750. The number of carbonyl (C=O) groups is 1. The van der Waals surface area contributed by atoms with Gasteiger partial charge in [0.05, 0.1) is 12.6 Å². The summed E-state index contributed by atoms with van der Waals surface area (Å²) in [6, 6.07) is 0. The zero-order valence-electron chi connectivity index (χ0n) is 16.6. The number of carboxylic acids is 1. The lowest BCUT2D eigenvalue weighted by Gasteiger charge is -2.13. The fourth-order valence-electron chi connectivity index (χ4n) is 2.96. The van der Waals surface area contributed by atoms with Crippen molar-refractivity contribution in [3.8, 4) is 0 Å². The van der Waals surface area contributed by atoms with Crippen LogP contribution in [0.3, 0.4) is 0 Å². The molecule has 4 heteroatoms. The van der Waals surface area contributed by atoms with Crippen LogP contribution in [-0.4, -0.2) is 47.3 Å². The summed E-state index contributed by atoms with van der Waals surface area (Å²) in [6.45, 7) is 3.22. The summed E-state index contributed by atoms with van der Waals surface area (Å²) in [7, 11) is 1.86. The summed E-state index contributed by atoms with van der Waals surface area (Å²) in [5.74, 6) is -0.750. The molecule has 4 nitrogen and oxygen atoms in total. The van der Waals surface area contributed by atoms with Gasteiger partial charge in [-0.15, -0.1) is 0 Å². The molecule has 0 aromatic carbocycles. The van der Waals surface area contributed by atoms with Crippen LogP contribution in [0.1, 0.15) is 90.4 Å². The molecule has 0 heterocycles. The third-order valence-corrected chi connectivity index (χ3v) is 4.53. The van der Waals surface area contributed by atoms with E-state index in [4.69, 9.17) is 5.11 Å². The van der Waals surface area contributed by atoms with Gasteiger partial charge in [-0.2, -0.15) is 0 Å². The van der Waals surface area contributed by atoms with E-state index in [1.165, 1.54) is 51.4 Å². The molecule has 0 fully saturated rings. The molecule has 0 rings (SSSR count). The first-order valence-electron chi connectivity index (χ1n) is 10.3. The summed E-state index contributed by atoms with van der Waals surface area (Å²) in [5.41, 5.74) is 0. The van der Waals surface area contributed by atoms with Gasteiger partial charge in [0.25, 0.3) is 0 Å². The Bertz CT molecular complexity index is 331. The maximum Gasteiger partial charge on any atom is 0.317 e. The fraction of sp³-hybridized carbons (Fsp3) is 0.857. The lowest BCUT2D eigenvalue weighted by atomic mass is 10.1. The van der Waals surface area contributed by atoms with Gasteiger partial charge in [-0.25, -0.2) is 0 Å². The van der Waals surface area contributed by atoms with Crippen molar-refractivity contribution < 1.29 is 15.0 Å². The topological polar surface area (TPSA) is 60.8 Å². The van der Waals surface area contributed by atoms with Crippen LogP contribution in [0.4, 0.5) is 0 Å². The minimum absolute atomic E-state index is 0.139. The molecule has 0 radical (unpaired) electrons. The molecule has 0 amide bonds. The molecule has 0 bridgehead atoms. The lowest BCUT2D eigenvalue weighted by Crippen LogP contribution is -2.26. The minimum Gasteiger partial charge on any atom is -0.480 e. The first kappa shape index (κ1) is 24.1. The Hall–Kier alpha value is -0.870. The van der Waals surface area contributed by atoms with Crippen molar-refractivity contribution in [2.45, 2.75) is 96.5 Å². The number of aliphatic hydroxyl groups excluding tert-OH is 1. The van der Waals surface area contributed by atoms with Crippen molar-refractivity contribution in [3.05, 3.63) is 12.2 Å². The maximum atomic E-state index is 10.5. The highest BCUT2D eigenvalue weighted by molar-refractivity contribution is 5.68. The average molecular weight is 356 g/mol. The van der Waals surface area contributed by atoms with Gasteiger partial charge in [0.15, 0.2) is 0 Å². The molecule has 0 aromatic heterocycles. The largest absolute Gasteiger partial charge is 0.480 e. The van der Waals surface area contributed by atoms with Crippen molar-refractivity contribution >= 4 is 5.97 Å². The van der Waals surface area contributed by atoms with Crippen molar-refractivity contribution in [1.82, 2.24) is 4.90 Å². The van der Waals surface area contributed by atoms with Gasteiger partial charge >= 0.3 is 5.97 Å². The van der Waals surface area contributed by atoms with Crippen LogP contribution in [-0.2, 0) is 4.79 Å². The van der Waals surface area contributed by atoms with Gasteiger partial charge in [-0.3, -0.25) is 9.69 Å². The zero-order valence-corrected chi connectivity index (χ0v) is 16.6. The van der Waals surface area contributed by atoms with E-state index in [0.29, 0.717) is 0 Å². The molecular formula is C21H41NO3. The second-order valence-corrected chi connectivity index (χ2v) is 7.25. The zero-order chi connectivity index (χ0) is 18.8. The van der Waals surface area contributed by atoms with Crippen molar-refractivity contribution in [3.63, 3.8) is 0 Å². The molecule has 1 atom stereocenters. The number of rotatable bonds is 18. The smallest absolute Gasteiger partial charge is 0.317 e. The lowest BCUT2D eigenvalue weighted by molar-refractivity contribution is -0.137. The van der Waals surface area contributed by atoms with Gasteiger partial charge < -0.3 is 10.2 Å². The maximum absolute atomic E-state index is 10.5. The van der Waals surface area contributed by atoms with Crippen LogP contribution in [0.25, 0.3) is 0 Å². The molecule has 0 aromatic rings. The number of hydrogen-bond acceptors (Lipinski definition) is 3. The summed E-state index contributed by atoms with van der Waals surface area (Å²) >= 11 is 0. The standard InChI is InChI=1S/C21H41NO3/c1-3-4-5-13-16-20(23)17-14-11-9-7-6-8-10-12-15-18-22(2)19-21(24)25/h11,14,20,23H,3-10,12-13,15-19H2,1-2H3,(H,24,25)/b14-11-/t20-/m1/s1. The third-order valence-electron chi connectivity index (χ3n) is 4.53. The molecule has 0 aliphatic rings. The molecule has 0 spiro atoms. The first-order valence-corrected chi connectivity index (χ1v) is 10.3. The van der Waals surface area contributed by atoms with Gasteiger partial charge in [0, 0.05) is 0 Å². The van der Waals surface area contributed by atoms with Crippen molar-refractivity contribution in [2.75, 3.05) is 20.1 Å². The average Bonchev–Trinajstić information content (AvgIpc) is 2.56. The quantitative estimate of drug-likeness (QED) is 0.268. The number of carboxylic acid groups (broad SMARTS) is 1. The van der Waals surface area contributed by atoms with Crippen molar-refractivity contribution in [2.24, 2.45) is 0 Å². The van der Waals surface area contributed by atoms with E-state index in [2.05, 4.69) is 19.1 Å². The number of unbranched alkanes of at least 4 members (excludes halogenated alkanes) is 9. The molecular weight excluding hydrogens is 314 g/mol. The third kappa shape index (κ3) is 19.3. The molecule has 0 aliphatic carbocycles. The molecule has 0 saturated carbocycles. The predicted octanol–water partition coefficient (Wildman–Crippen LogP) is 5.01. The first-order chi connectivity index (χ1) is 12.1. The second-order valence-electron chi connectivity index (χ2n) is 7.25. The van der Waals surface area contributed by atoms with Crippen LogP contribution in [0.15, 0.2) is 12.2 Å². The van der Waals surface area contributed by atoms with E-state index >= 15 is 0 Å². The molecule has 2 N–H and O–H groups in total. The number of nitrogens with zero attached hydrogens (tertiary/aromatic N) is 1. The molecule has 0 saturated heterocycles. The van der Waals surface area contributed by atoms with Gasteiger partial charge in [0.2, 0.25) is 0 Å². The number of aliphatic carboxylic acids is 1. The van der Waals surface area contributed by atoms with Crippen LogP contribution >= 0.6 is 0 Å². The van der Waals surface area contributed by atoms with E-state index in [-0.39, 0.29) is 12.6 Å². The Balaban J connectivity index is 3.30. The van der Waals surface area contributed by atoms with E-state index in [1.54, 1.807) is 0 Å². The van der Waals surface area contributed by atoms with E-state index in [9.17, 15) is 9.90 Å².